The van der Waals surface area contributed by atoms with Crippen molar-refractivity contribution in [1.29, 1.82) is 0 Å². The molecule has 2 aromatic rings. The van der Waals surface area contributed by atoms with E-state index in [1.807, 2.05) is 0 Å². The number of H-pyrrole nitrogens is 1. The van der Waals surface area contributed by atoms with Crippen LogP contribution >= 0.6 is 15.9 Å². The van der Waals surface area contributed by atoms with Gasteiger partial charge in [-0.15, -0.1) is 0 Å². The minimum absolute atomic E-state index is 0.246. The molecule has 0 amide bonds. The molecule has 1 aromatic carbocycles. The van der Waals surface area contributed by atoms with Gasteiger partial charge in [-0.3, -0.25) is 4.79 Å². The van der Waals surface area contributed by atoms with E-state index in [0.717, 1.165) is 0 Å². The summed E-state index contributed by atoms with van der Waals surface area (Å²) < 4.78 is 18.5. The average molecular weight is 356 g/mol. The van der Waals surface area contributed by atoms with Crippen molar-refractivity contribution in [2.75, 3.05) is 20.3 Å². The van der Waals surface area contributed by atoms with Gasteiger partial charge >= 0.3 is 0 Å². The van der Waals surface area contributed by atoms with Gasteiger partial charge < -0.3 is 15.0 Å². The molecule has 0 unspecified atom stereocenters. The summed E-state index contributed by atoms with van der Waals surface area (Å²) in [5.41, 5.74) is 1.01. The van der Waals surface area contributed by atoms with E-state index in [0.29, 0.717) is 41.3 Å². The summed E-state index contributed by atoms with van der Waals surface area (Å²) in [6.45, 7) is 1.71. The quantitative estimate of drug-likeness (QED) is 0.778. The minimum atomic E-state index is -0.363. The third-order valence-electron chi connectivity index (χ3n) is 2.78. The molecule has 0 saturated heterocycles. The highest BCUT2D eigenvalue weighted by Gasteiger charge is 2.07. The van der Waals surface area contributed by atoms with Crippen LogP contribution in [0, 0.1) is 5.82 Å². The highest BCUT2D eigenvalue weighted by Crippen LogP contribution is 2.22. The Balaban J connectivity index is 2.21. The summed E-state index contributed by atoms with van der Waals surface area (Å²) >= 11 is 3.12. The number of ether oxygens (including phenoxy) is 1. The molecular weight excluding hydrogens is 341 g/mol. The summed E-state index contributed by atoms with van der Waals surface area (Å²) in [7, 11) is 1.62. The van der Waals surface area contributed by atoms with Gasteiger partial charge in [0.05, 0.1) is 16.8 Å². The van der Waals surface area contributed by atoms with Gasteiger partial charge in [0.25, 0.3) is 5.56 Å². The summed E-state index contributed by atoms with van der Waals surface area (Å²) in [4.78, 5) is 18.7. The molecule has 2 rings (SSSR count). The molecule has 0 atom stereocenters. The predicted molar refractivity (Wildman–Crippen MR) is 81.5 cm³/mol. The van der Waals surface area contributed by atoms with Crippen LogP contribution in [0.5, 0.6) is 0 Å². The molecule has 1 aromatic heterocycles. The van der Waals surface area contributed by atoms with Crippen molar-refractivity contribution in [3.8, 4) is 11.4 Å². The molecule has 0 aliphatic carbocycles. The van der Waals surface area contributed by atoms with Gasteiger partial charge in [0.1, 0.15) is 11.6 Å². The Labute approximate surface area is 129 Å². The second kappa shape index (κ2) is 7.44. The first-order chi connectivity index (χ1) is 10.1. The van der Waals surface area contributed by atoms with E-state index in [2.05, 4.69) is 31.2 Å². The molecule has 0 fully saturated rings. The van der Waals surface area contributed by atoms with E-state index in [1.165, 1.54) is 12.1 Å². The van der Waals surface area contributed by atoms with Crippen LogP contribution < -0.4 is 10.9 Å². The molecule has 5 nitrogen and oxygen atoms in total. The summed E-state index contributed by atoms with van der Waals surface area (Å²) in [5, 5.41) is 3.12. The van der Waals surface area contributed by atoms with Gasteiger partial charge in [0, 0.05) is 31.8 Å². The Kier molecular flexibility index (Phi) is 5.60. The molecular formula is C14H15BrFN3O2. The van der Waals surface area contributed by atoms with Gasteiger partial charge in [-0.2, -0.15) is 0 Å². The minimum Gasteiger partial charge on any atom is -0.383 e. The summed E-state index contributed by atoms with van der Waals surface area (Å²) in [6.07, 6.45) is 0. The maximum Gasteiger partial charge on any atom is 0.251 e. The topological polar surface area (TPSA) is 67.0 Å². The van der Waals surface area contributed by atoms with E-state index >= 15 is 0 Å². The number of rotatable bonds is 6. The van der Waals surface area contributed by atoms with Crippen LogP contribution in [0.2, 0.25) is 0 Å². The molecule has 21 heavy (non-hydrogen) atoms. The SMILES string of the molecule is COCCNCc1cc(=O)[nH]c(-c2ccc(F)c(Br)c2)n1. The molecule has 0 spiro atoms. The summed E-state index contributed by atoms with van der Waals surface area (Å²) in [6, 6.07) is 5.90. The van der Waals surface area contributed by atoms with Crippen molar-refractivity contribution < 1.29 is 9.13 Å². The van der Waals surface area contributed by atoms with Crippen LogP contribution in [0.15, 0.2) is 33.5 Å². The standard InChI is InChI=1S/C14H15BrFN3O2/c1-21-5-4-17-8-10-7-13(20)19-14(18-10)9-2-3-12(16)11(15)6-9/h2-3,6-7,17H,4-5,8H2,1H3,(H,18,19,20). The van der Waals surface area contributed by atoms with Gasteiger partial charge in [0.2, 0.25) is 0 Å². The normalized spacial score (nSPS) is 10.8. The first-order valence-electron chi connectivity index (χ1n) is 6.35. The maximum absolute atomic E-state index is 13.3. The number of aromatic amines is 1. The molecule has 0 saturated carbocycles. The lowest BCUT2D eigenvalue weighted by Gasteiger charge is -2.06. The maximum atomic E-state index is 13.3. The predicted octanol–water partition coefficient (Wildman–Crippen LogP) is 2.07. The fourth-order valence-corrected chi connectivity index (χ4v) is 2.15. The second-order valence-electron chi connectivity index (χ2n) is 4.38. The zero-order valence-corrected chi connectivity index (χ0v) is 13.0. The van der Waals surface area contributed by atoms with E-state index in [9.17, 15) is 9.18 Å². The molecule has 0 bridgehead atoms. The molecule has 112 valence electrons. The van der Waals surface area contributed by atoms with Gasteiger partial charge in [-0.1, -0.05) is 0 Å². The second-order valence-corrected chi connectivity index (χ2v) is 5.24. The van der Waals surface area contributed by atoms with Gasteiger partial charge in [0.15, 0.2) is 0 Å². The van der Waals surface area contributed by atoms with Crippen molar-refractivity contribution in [3.05, 3.63) is 50.6 Å². The number of aromatic nitrogens is 2. The Morgan fingerprint density at radius 3 is 2.95 bits per heavy atom. The number of benzene rings is 1. The lowest BCUT2D eigenvalue weighted by atomic mass is 10.2. The van der Waals surface area contributed by atoms with Crippen LogP contribution in [0.3, 0.4) is 0 Å². The molecule has 0 radical (unpaired) electrons. The third kappa shape index (κ3) is 4.45. The summed E-state index contributed by atoms with van der Waals surface area (Å²) in [5.74, 6) is 0.0465. The first-order valence-corrected chi connectivity index (χ1v) is 7.15. The van der Waals surface area contributed by atoms with Gasteiger partial charge in [-0.05, 0) is 34.1 Å². The van der Waals surface area contributed by atoms with E-state index in [-0.39, 0.29) is 11.4 Å². The Hall–Kier alpha value is -1.57. The van der Waals surface area contributed by atoms with E-state index in [4.69, 9.17) is 4.74 Å². The van der Waals surface area contributed by atoms with Crippen LogP contribution in [0.1, 0.15) is 5.69 Å². The number of nitrogens with zero attached hydrogens (tertiary/aromatic N) is 1. The van der Waals surface area contributed by atoms with Crippen molar-refractivity contribution in [1.82, 2.24) is 15.3 Å². The number of methoxy groups -OCH3 is 1. The lowest BCUT2D eigenvalue weighted by Crippen LogP contribution is -2.21. The lowest BCUT2D eigenvalue weighted by molar-refractivity contribution is 0.199. The van der Waals surface area contributed by atoms with E-state index in [1.54, 1.807) is 19.2 Å². The Morgan fingerprint density at radius 1 is 1.43 bits per heavy atom. The molecule has 7 heteroatoms. The van der Waals surface area contributed by atoms with Crippen LogP contribution in [0.25, 0.3) is 11.4 Å². The van der Waals surface area contributed by atoms with Crippen molar-refractivity contribution in [2.45, 2.75) is 6.54 Å². The third-order valence-corrected chi connectivity index (χ3v) is 3.38. The van der Waals surface area contributed by atoms with Crippen molar-refractivity contribution in [3.63, 3.8) is 0 Å². The van der Waals surface area contributed by atoms with Crippen LogP contribution in [-0.4, -0.2) is 30.2 Å². The van der Waals surface area contributed by atoms with Crippen LogP contribution in [-0.2, 0) is 11.3 Å². The highest BCUT2D eigenvalue weighted by molar-refractivity contribution is 9.10. The number of hydrogen-bond donors (Lipinski definition) is 2. The smallest absolute Gasteiger partial charge is 0.251 e. The molecule has 0 aliphatic rings. The Morgan fingerprint density at radius 2 is 2.24 bits per heavy atom. The van der Waals surface area contributed by atoms with Crippen molar-refractivity contribution in [2.24, 2.45) is 0 Å². The highest BCUT2D eigenvalue weighted by atomic mass is 79.9. The molecule has 1 heterocycles. The van der Waals surface area contributed by atoms with Crippen LogP contribution in [0.4, 0.5) is 4.39 Å². The number of hydrogen-bond acceptors (Lipinski definition) is 4. The average Bonchev–Trinajstić information content (AvgIpc) is 2.46. The molecule has 0 aliphatic heterocycles. The van der Waals surface area contributed by atoms with E-state index < -0.39 is 0 Å². The zero-order valence-electron chi connectivity index (χ0n) is 11.5. The number of halogens is 2. The monoisotopic (exact) mass is 355 g/mol. The zero-order chi connectivity index (χ0) is 15.2. The van der Waals surface area contributed by atoms with Gasteiger partial charge in [-0.25, -0.2) is 9.37 Å². The fourth-order valence-electron chi connectivity index (χ4n) is 1.77. The first kappa shape index (κ1) is 15.8. The molecule has 2 N–H and O–H groups in total. The number of nitrogens with one attached hydrogen (secondary N) is 2. The fraction of sp³-hybridized carbons (Fsp3) is 0.286. The largest absolute Gasteiger partial charge is 0.383 e. The Bertz CT molecular complexity index is 676. The van der Waals surface area contributed by atoms with Crippen molar-refractivity contribution >= 4 is 15.9 Å².